The summed E-state index contributed by atoms with van der Waals surface area (Å²) >= 11 is 0. The number of hydrogen-bond donors (Lipinski definition) is 1. The van der Waals surface area contributed by atoms with Gasteiger partial charge in [0, 0.05) is 19.8 Å². The van der Waals surface area contributed by atoms with Crippen LogP contribution < -0.4 is 5.32 Å². The monoisotopic (exact) mass is 265 g/mol. The first-order chi connectivity index (χ1) is 9.20. The first kappa shape index (κ1) is 16.2. The second kappa shape index (κ2) is 9.08. The van der Waals surface area contributed by atoms with Crippen LogP contribution in [0.1, 0.15) is 36.1 Å². The maximum atomic E-state index is 5.58. The number of nitrogens with one attached hydrogen (secondary N) is 1. The third kappa shape index (κ3) is 5.31. The van der Waals surface area contributed by atoms with Crippen molar-refractivity contribution in [2.45, 2.75) is 33.2 Å². The van der Waals surface area contributed by atoms with E-state index in [1.165, 1.54) is 16.7 Å². The summed E-state index contributed by atoms with van der Waals surface area (Å²) < 4.78 is 10.6. The molecule has 0 saturated heterocycles. The molecule has 1 aromatic carbocycles. The van der Waals surface area contributed by atoms with E-state index in [-0.39, 0.29) is 0 Å². The average molecular weight is 265 g/mol. The van der Waals surface area contributed by atoms with Gasteiger partial charge in [0.15, 0.2) is 0 Å². The van der Waals surface area contributed by atoms with Gasteiger partial charge in [0.1, 0.15) is 0 Å². The highest BCUT2D eigenvalue weighted by molar-refractivity contribution is 5.35. The predicted molar refractivity (Wildman–Crippen MR) is 79.6 cm³/mol. The Bertz CT molecular complexity index is 366. The van der Waals surface area contributed by atoms with Crippen LogP contribution in [0, 0.1) is 13.8 Å². The van der Waals surface area contributed by atoms with E-state index in [9.17, 15) is 0 Å². The zero-order valence-corrected chi connectivity index (χ0v) is 12.7. The lowest BCUT2D eigenvalue weighted by Crippen LogP contribution is -2.23. The number of aryl methyl sites for hydroxylation is 1. The van der Waals surface area contributed by atoms with Crippen LogP contribution in [0.2, 0.25) is 0 Å². The first-order valence-corrected chi connectivity index (χ1v) is 7.06. The summed E-state index contributed by atoms with van der Waals surface area (Å²) in [5.41, 5.74) is 4.11. The van der Waals surface area contributed by atoms with Gasteiger partial charge in [-0.05, 0) is 43.5 Å². The highest BCUT2D eigenvalue weighted by Crippen LogP contribution is 2.23. The van der Waals surface area contributed by atoms with Crippen molar-refractivity contribution in [3.63, 3.8) is 0 Å². The molecule has 0 aliphatic rings. The molecule has 0 heterocycles. The molecule has 0 saturated carbocycles. The third-order valence-corrected chi connectivity index (χ3v) is 3.46. The molecule has 108 valence electrons. The molecule has 0 spiro atoms. The fourth-order valence-electron chi connectivity index (χ4n) is 2.21. The average Bonchev–Trinajstić information content (AvgIpc) is 2.41. The van der Waals surface area contributed by atoms with Crippen molar-refractivity contribution in [2.75, 3.05) is 33.5 Å². The zero-order valence-electron chi connectivity index (χ0n) is 12.7. The topological polar surface area (TPSA) is 30.5 Å². The molecular weight excluding hydrogens is 238 g/mol. The molecule has 3 heteroatoms. The van der Waals surface area contributed by atoms with Crippen molar-refractivity contribution in [3.8, 4) is 0 Å². The highest BCUT2D eigenvalue weighted by Gasteiger charge is 2.13. The second-order valence-electron chi connectivity index (χ2n) is 4.79. The number of ether oxygens (including phenoxy) is 2. The van der Waals surface area contributed by atoms with Gasteiger partial charge in [0.2, 0.25) is 0 Å². The van der Waals surface area contributed by atoms with Gasteiger partial charge >= 0.3 is 0 Å². The number of benzene rings is 1. The van der Waals surface area contributed by atoms with Crippen LogP contribution in [0.4, 0.5) is 0 Å². The quantitative estimate of drug-likeness (QED) is 0.696. The van der Waals surface area contributed by atoms with E-state index in [0.29, 0.717) is 19.3 Å². The molecule has 1 aromatic rings. The van der Waals surface area contributed by atoms with Crippen LogP contribution in [-0.2, 0) is 9.47 Å². The smallest absolute Gasteiger partial charge is 0.0700 e. The fraction of sp³-hybridized carbons (Fsp3) is 0.625. The Labute approximate surface area is 117 Å². The Hall–Kier alpha value is -0.900. The van der Waals surface area contributed by atoms with E-state index in [1.54, 1.807) is 7.11 Å². The second-order valence-corrected chi connectivity index (χ2v) is 4.79. The summed E-state index contributed by atoms with van der Waals surface area (Å²) in [5.74, 6) is 0. The van der Waals surface area contributed by atoms with Crippen LogP contribution in [0.15, 0.2) is 18.2 Å². The number of methoxy groups -OCH3 is 1. The Morgan fingerprint density at radius 1 is 1.16 bits per heavy atom. The van der Waals surface area contributed by atoms with Gasteiger partial charge < -0.3 is 14.8 Å². The van der Waals surface area contributed by atoms with Gasteiger partial charge in [0.25, 0.3) is 0 Å². The molecule has 0 bridgehead atoms. The Morgan fingerprint density at radius 3 is 2.63 bits per heavy atom. The van der Waals surface area contributed by atoms with E-state index < -0.39 is 0 Å². The minimum atomic E-state index is 0.368. The van der Waals surface area contributed by atoms with E-state index in [1.807, 2.05) is 0 Å². The summed E-state index contributed by atoms with van der Waals surface area (Å²) in [4.78, 5) is 0. The molecule has 1 N–H and O–H groups in total. The summed E-state index contributed by atoms with van der Waals surface area (Å²) in [6.45, 7) is 9.56. The molecule has 1 rings (SSSR count). The third-order valence-electron chi connectivity index (χ3n) is 3.46. The Morgan fingerprint density at radius 2 is 1.95 bits per heavy atom. The molecule has 3 nitrogen and oxygen atoms in total. The van der Waals surface area contributed by atoms with Crippen molar-refractivity contribution in [1.29, 1.82) is 0 Å². The van der Waals surface area contributed by atoms with Crippen LogP contribution >= 0.6 is 0 Å². The minimum absolute atomic E-state index is 0.368. The minimum Gasteiger partial charge on any atom is -0.382 e. The lowest BCUT2D eigenvalue weighted by atomic mass is 9.95. The highest BCUT2D eigenvalue weighted by atomic mass is 16.5. The Kier molecular flexibility index (Phi) is 7.72. The number of rotatable bonds is 9. The Balaban J connectivity index is 2.58. The van der Waals surface area contributed by atoms with E-state index >= 15 is 0 Å². The first-order valence-electron chi connectivity index (χ1n) is 7.06. The standard InChI is InChI=1S/C16H27NO2/c1-5-17-16(9-10-19-12-11-18-4)15-8-6-7-13(2)14(15)3/h6-8,16-17H,5,9-12H2,1-4H3. The molecule has 1 unspecified atom stereocenters. The van der Waals surface area contributed by atoms with Gasteiger partial charge in [0.05, 0.1) is 13.2 Å². The summed E-state index contributed by atoms with van der Waals surface area (Å²) in [6.07, 6.45) is 0.988. The van der Waals surface area contributed by atoms with E-state index in [4.69, 9.17) is 9.47 Å². The molecular formula is C16H27NO2. The van der Waals surface area contributed by atoms with Gasteiger partial charge in [-0.3, -0.25) is 0 Å². The van der Waals surface area contributed by atoms with Crippen molar-refractivity contribution in [1.82, 2.24) is 5.32 Å². The van der Waals surface area contributed by atoms with Crippen LogP contribution in [0.5, 0.6) is 0 Å². The molecule has 0 fully saturated rings. The molecule has 0 aliphatic heterocycles. The molecule has 0 amide bonds. The molecule has 19 heavy (non-hydrogen) atoms. The fourth-order valence-corrected chi connectivity index (χ4v) is 2.21. The van der Waals surface area contributed by atoms with E-state index in [2.05, 4.69) is 44.3 Å². The van der Waals surface area contributed by atoms with Crippen LogP contribution in [-0.4, -0.2) is 33.5 Å². The molecule has 1 atom stereocenters. The summed E-state index contributed by atoms with van der Waals surface area (Å²) in [6, 6.07) is 6.88. The SMILES string of the molecule is CCNC(CCOCCOC)c1cccc(C)c1C. The van der Waals surface area contributed by atoms with Gasteiger partial charge in [-0.15, -0.1) is 0 Å². The van der Waals surface area contributed by atoms with Crippen LogP contribution in [0.25, 0.3) is 0 Å². The molecule has 0 aliphatic carbocycles. The van der Waals surface area contributed by atoms with Gasteiger partial charge in [-0.1, -0.05) is 25.1 Å². The maximum absolute atomic E-state index is 5.58. The van der Waals surface area contributed by atoms with E-state index in [0.717, 1.165) is 19.6 Å². The molecule has 0 radical (unpaired) electrons. The zero-order chi connectivity index (χ0) is 14.1. The van der Waals surface area contributed by atoms with Crippen molar-refractivity contribution in [3.05, 3.63) is 34.9 Å². The van der Waals surface area contributed by atoms with Crippen LogP contribution in [0.3, 0.4) is 0 Å². The van der Waals surface area contributed by atoms with Crippen molar-refractivity contribution in [2.24, 2.45) is 0 Å². The lowest BCUT2D eigenvalue weighted by Gasteiger charge is -2.21. The maximum Gasteiger partial charge on any atom is 0.0700 e. The number of hydrogen-bond acceptors (Lipinski definition) is 3. The van der Waals surface area contributed by atoms with Crippen molar-refractivity contribution < 1.29 is 9.47 Å². The van der Waals surface area contributed by atoms with Gasteiger partial charge in [-0.25, -0.2) is 0 Å². The predicted octanol–water partition coefficient (Wildman–Crippen LogP) is 3.01. The lowest BCUT2D eigenvalue weighted by molar-refractivity contribution is 0.0658. The van der Waals surface area contributed by atoms with Gasteiger partial charge in [-0.2, -0.15) is 0 Å². The summed E-state index contributed by atoms with van der Waals surface area (Å²) in [5, 5.41) is 3.55. The van der Waals surface area contributed by atoms with Crippen molar-refractivity contribution >= 4 is 0 Å². The molecule has 0 aromatic heterocycles. The normalized spacial score (nSPS) is 12.6. The summed E-state index contributed by atoms with van der Waals surface area (Å²) in [7, 11) is 1.70. The largest absolute Gasteiger partial charge is 0.382 e.